The lowest BCUT2D eigenvalue weighted by molar-refractivity contribution is 0.340. The molecule has 6 heteroatoms. The number of rotatable bonds is 3. The summed E-state index contributed by atoms with van der Waals surface area (Å²) in [6.45, 7) is 2.59. The molecule has 120 valence electrons. The van der Waals surface area contributed by atoms with Crippen LogP contribution in [0.1, 0.15) is 6.92 Å². The van der Waals surface area contributed by atoms with Crippen molar-refractivity contribution >= 4 is 33.6 Å². The van der Waals surface area contributed by atoms with Crippen molar-refractivity contribution in [1.29, 1.82) is 0 Å². The molecule has 0 unspecified atom stereocenters. The fraction of sp³-hybridized carbons (Fsp3) is 0.111. The number of hydrogen-bond acceptors (Lipinski definition) is 5. The molecule has 0 aliphatic heterocycles. The zero-order valence-electron chi connectivity index (χ0n) is 13.2. The molecule has 2 aromatic heterocycles. The standard InChI is InChI=1S/C18H17N5O/c1-2-24-11-5-3-4-10(8-11)13-9-14-15(12-6-7-21-16(12)13)17(19)23-18(20)22-14/h3-9,21H,2H2,1H3,(H4,19,20,22,23). The Kier molecular flexibility index (Phi) is 3.23. The highest BCUT2D eigenvalue weighted by Crippen LogP contribution is 2.36. The van der Waals surface area contributed by atoms with Gasteiger partial charge >= 0.3 is 0 Å². The first-order chi connectivity index (χ1) is 11.7. The average molecular weight is 319 g/mol. The molecular formula is C18H17N5O. The summed E-state index contributed by atoms with van der Waals surface area (Å²) in [5.74, 6) is 1.39. The number of ether oxygens (including phenoxy) is 1. The zero-order chi connectivity index (χ0) is 16.7. The van der Waals surface area contributed by atoms with Crippen LogP contribution in [-0.2, 0) is 0 Å². The van der Waals surface area contributed by atoms with E-state index in [-0.39, 0.29) is 5.95 Å². The smallest absolute Gasteiger partial charge is 0.222 e. The van der Waals surface area contributed by atoms with Gasteiger partial charge in [0.2, 0.25) is 5.95 Å². The number of benzene rings is 2. The summed E-state index contributed by atoms with van der Waals surface area (Å²) < 4.78 is 5.61. The molecule has 0 bridgehead atoms. The van der Waals surface area contributed by atoms with E-state index in [1.165, 1.54) is 0 Å². The third-order valence-electron chi connectivity index (χ3n) is 4.01. The van der Waals surface area contributed by atoms with E-state index < -0.39 is 0 Å². The van der Waals surface area contributed by atoms with Crippen molar-refractivity contribution < 1.29 is 4.74 Å². The third-order valence-corrected chi connectivity index (χ3v) is 4.01. The van der Waals surface area contributed by atoms with Crippen molar-refractivity contribution in [3.8, 4) is 16.9 Å². The molecule has 2 heterocycles. The topological polar surface area (TPSA) is 103 Å². The second-order valence-electron chi connectivity index (χ2n) is 5.51. The highest BCUT2D eigenvalue weighted by Gasteiger charge is 2.14. The molecule has 24 heavy (non-hydrogen) atoms. The van der Waals surface area contributed by atoms with Crippen molar-refractivity contribution in [2.45, 2.75) is 6.92 Å². The summed E-state index contributed by atoms with van der Waals surface area (Å²) in [7, 11) is 0. The van der Waals surface area contributed by atoms with Gasteiger partial charge in [0.1, 0.15) is 11.6 Å². The average Bonchev–Trinajstić information content (AvgIpc) is 3.03. The fourth-order valence-corrected chi connectivity index (χ4v) is 3.05. The van der Waals surface area contributed by atoms with Crippen molar-refractivity contribution in [2.75, 3.05) is 18.1 Å². The van der Waals surface area contributed by atoms with E-state index in [9.17, 15) is 0 Å². The van der Waals surface area contributed by atoms with Gasteiger partial charge in [0.15, 0.2) is 0 Å². The van der Waals surface area contributed by atoms with Gasteiger partial charge in [0, 0.05) is 17.1 Å². The number of nitrogens with one attached hydrogen (secondary N) is 1. The van der Waals surface area contributed by atoms with E-state index in [4.69, 9.17) is 16.2 Å². The first kappa shape index (κ1) is 14.3. The maximum absolute atomic E-state index is 6.07. The Morgan fingerprint density at radius 2 is 2.00 bits per heavy atom. The van der Waals surface area contributed by atoms with Crippen molar-refractivity contribution in [3.63, 3.8) is 0 Å². The molecule has 0 saturated heterocycles. The van der Waals surface area contributed by atoms with Gasteiger partial charge in [-0.05, 0) is 36.8 Å². The van der Waals surface area contributed by atoms with Crippen LogP contribution in [0.3, 0.4) is 0 Å². The molecule has 0 spiro atoms. The van der Waals surface area contributed by atoms with Crippen molar-refractivity contribution in [2.24, 2.45) is 0 Å². The summed E-state index contributed by atoms with van der Waals surface area (Å²) in [5, 5.41) is 1.78. The van der Waals surface area contributed by atoms with E-state index in [1.807, 2.05) is 49.5 Å². The van der Waals surface area contributed by atoms with Crippen LogP contribution in [0.15, 0.2) is 42.6 Å². The highest BCUT2D eigenvalue weighted by atomic mass is 16.5. The minimum atomic E-state index is 0.170. The molecule has 0 saturated carbocycles. The second-order valence-corrected chi connectivity index (χ2v) is 5.51. The van der Waals surface area contributed by atoms with Gasteiger partial charge in [0.25, 0.3) is 0 Å². The predicted octanol–water partition coefficient (Wildman–Crippen LogP) is 3.34. The van der Waals surface area contributed by atoms with Crippen LogP contribution in [-0.4, -0.2) is 21.6 Å². The molecule has 4 aromatic rings. The van der Waals surface area contributed by atoms with Gasteiger partial charge in [-0.2, -0.15) is 4.98 Å². The summed E-state index contributed by atoms with van der Waals surface area (Å²) in [6.07, 6.45) is 1.88. The van der Waals surface area contributed by atoms with Gasteiger partial charge in [0.05, 0.1) is 23.0 Å². The minimum absolute atomic E-state index is 0.170. The van der Waals surface area contributed by atoms with E-state index in [0.717, 1.165) is 38.7 Å². The number of nitrogen functional groups attached to an aromatic ring is 2. The first-order valence-corrected chi connectivity index (χ1v) is 7.73. The lowest BCUT2D eigenvalue weighted by Crippen LogP contribution is -2.01. The number of fused-ring (bicyclic) bond motifs is 3. The Balaban J connectivity index is 2.04. The molecule has 0 aliphatic rings. The van der Waals surface area contributed by atoms with Crippen LogP contribution >= 0.6 is 0 Å². The molecule has 4 rings (SSSR count). The lowest BCUT2D eigenvalue weighted by Gasteiger charge is -2.10. The second kappa shape index (κ2) is 5.42. The van der Waals surface area contributed by atoms with Gasteiger partial charge in [-0.3, -0.25) is 0 Å². The van der Waals surface area contributed by atoms with Crippen LogP contribution < -0.4 is 16.2 Å². The number of hydrogen-bond donors (Lipinski definition) is 3. The number of aromatic nitrogens is 3. The van der Waals surface area contributed by atoms with Gasteiger partial charge < -0.3 is 21.2 Å². The van der Waals surface area contributed by atoms with Gasteiger partial charge in [-0.1, -0.05) is 12.1 Å². The van der Waals surface area contributed by atoms with Crippen LogP contribution in [0.4, 0.5) is 11.8 Å². The molecule has 0 amide bonds. The Hall–Kier alpha value is -3.28. The zero-order valence-corrected chi connectivity index (χ0v) is 13.2. The number of aromatic amines is 1. The molecular weight excluding hydrogens is 302 g/mol. The lowest BCUT2D eigenvalue weighted by atomic mass is 10.00. The fourth-order valence-electron chi connectivity index (χ4n) is 3.05. The maximum atomic E-state index is 6.07. The molecule has 2 aromatic carbocycles. The number of H-pyrrole nitrogens is 1. The predicted molar refractivity (Wildman–Crippen MR) is 96.8 cm³/mol. The van der Waals surface area contributed by atoms with Crippen LogP contribution in [0.25, 0.3) is 32.9 Å². The van der Waals surface area contributed by atoms with Crippen molar-refractivity contribution in [3.05, 3.63) is 42.6 Å². The highest BCUT2D eigenvalue weighted by molar-refractivity contribution is 6.15. The Morgan fingerprint density at radius 3 is 2.83 bits per heavy atom. The normalized spacial score (nSPS) is 11.2. The first-order valence-electron chi connectivity index (χ1n) is 7.73. The molecule has 0 atom stereocenters. The summed E-state index contributed by atoms with van der Waals surface area (Å²) >= 11 is 0. The van der Waals surface area contributed by atoms with E-state index in [2.05, 4.69) is 15.0 Å². The van der Waals surface area contributed by atoms with E-state index >= 15 is 0 Å². The van der Waals surface area contributed by atoms with Crippen LogP contribution in [0, 0.1) is 0 Å². The maximum Gasteiger partial charge on any atom is 0.222 e. The van der Waals surface area contributed by atoms with Crippen LogP contribution in [0.5, 0.6) is 5.75 Å². The van der Waals surface area contributed by atoms with E-state index in [1.54, 1.807) is 0 Å². The molecule has 5 N–H and O–H groups in total. The Labute approximate surface area is 138 Å². The molecule has 0 fully saturated rings. The van der Waals surface area contributed by atoms with Gasteiger partial charge in [-0.25, -0.2) is 4.98 Å². The number of nitrogens with zero attached hydrogens (tertiary/aromatic N) is 2. The number of anilines is 2. The molecule has 6 nitrogen and oxygen atoms in total. The third kappa shape index (κ3) is 2.20. The summed E-state index contributed by atoms with van der Waals surface area (Å²) in [6, 6.07) is 11.9. The van der Waals surface area contributed by atoms with Gasteiger partial charge in [-0.15, -0.1) is 0 Å². The summed E-state index contributed by atoms with van der Waals surface area (Å²) in [5.41, 5.74) is 15.6. The SMILES string of the molecule is CCOc1cccc(-c2cc3nc(N)nc(N)c3c3cc[nH]c23)c1. The Bertz CT molecular complexity index is 1050. The largest absolute Gasteiger partial charge is 0.494 e. The number of nitrogens with two attached hydrogens (primary N) is 2. The van der Waals surface area contributed by atoms with Crippen molar-refractivity contribution in [1.82, 2.24) is 15.0 Å². The minimum Gasteiger partial charge on any atom is -0.494 e. The molecule has 0 radical (unpaired) electrons. The quantitative estimate of drug-likeness (QED) is 0.537. The Morgan fingerprint density at radius 1 is 1.12 bits per heavy atom. The van der Waals surface area contributed by atoms with E-state index in [0.29, 0.717) is 12.4 Å². The summed E-state index contributed by atoms with van der Waals surface area (Å²) in [4.78, 5) is 11.7. The monoisotopic (exact) mass is 319 g/mol. The molecule has 0 aliphatic carbocycles. The van der Waals surface area contributed by atoms with Crippen LogP contribution in [0.2, 0.25) is 0 Å².